The Labute approximate surface area is 124 Å². The summed E-state index contributed by atoms with van der Waals surface area (Å²) in [5.41, 5.74) is 0.299. The Morgan fingerprint density at radius 1 is 1.05 bits per heavy atom. The van der Waals surface area contributed by atoms with Crippen molar-refractivity contribution < 1.29 is 9.31 Å². The molecule has 0 unspecified atom stereocenters. The van der Waals surface area contributed by atoms with Crippen LogP contribution in [0, 0.1) is 0 Å². The van der Waals surface area contributed by atoms with Crippen LogP contribution in [0.4, 0.5) is 0 Å². The molecule has 1 aromatic heterocycles. The van der Waals surface area contributed by atoms with Gasteiger partial charge in [-0.3, -0.25) is 4.98 Å². The molecule has 0 bridgehead atoms. The summed E-state index contributed by atoms with van der Waals surface area (Å²) in [5.74, 6) is 0. The molecule has 3 nitrogen and oxygen atoms in total. The van der Waals surface area contributed by atoms with Crippen molar-refractivity contribution in [3.05, 3.63) is 35.6 Å². The summed E-state index contributed by atoms with van der Waals surface area (Å²) in [6.45, 7) is 8.19. The number of fused-ring (bicyclic) bond motifs is 1. The second-order valence-corrected chi connectivity index (χ2v) is 6.60. The van der Waals surface area contributed by atoms with Gasteiger partial charge in [0, 0.05) is 23.2 Å². The number of hydrogen-bond donors (Lipinski definition) is 0. The molecule has 2 aromatic rings. The normalized spacial score (nSPS) is 20.6. The van der Waals surface area contributed by atoms with Gasteiger partial charge in [-0.15, -0.1) is 0 Å². The molecule has 0 N–H and O–H groups in total. The van der Waals surface area contributed by atoms with E-state index in [1.165, 1.54) is 0 Å². The average molecular weight is 290 g/mol. The first-order chi connectivity index (χ1) is 9.30. The lowest BCUT2D eigenvalue weighted by Crippen LogP contribution is -2.41. The Morgan fingerprint density at radius 3 is 2.35 bits per heavy atom. The van der Waals surface area contributed by atoms with Crippen LogP contribution in [0.15, 0.2) is 30.6 Å². The quantitative estimate of drug-likeness (QED) is 0.756. The van der Waals surface area contributed by atoms with Crippen LogP contribution in [0.3, 0.4) is 0 Å². The Morgan fingerprint density at radius 2 is 1.70 bits per heavy atom. The van der Waals surface area contributed by atoms with Crippen LogP contribution in [0.2, 0.25) is 5.02 Å². The molecule has 20 heavy (non-hydrogen) atoms. The molecular weight excluding hydrogens is 272 g/mol. The van der Waals surface area contributed by atoms with Crippen LogP contribution in [-0.4, -0.2) is 23.3 Å². The lowest BCUT2D eigenvalue weighted by molar-refractivity contribution is 0.00578. The van der Waals surface area contributed by atoms with Crippen molar-refractivity contribution in [2.75, 3.05) is 0 Å². The Hall–Kier alpha value is -1.10. The number of aromatic nitrogens is 1. The zero-order valence-electron chi connectivity index (χ0n) is 12.1. The van der Waals surface area contributed by atoms with Gasteiger partial charge in [0.25, 0.3) is 0 Å². The predicted molar refractivity (Wildman–Crippen MR) is 82.5 cm³/mol. The van der Waals surface area contributed by atoms with Gasteiger partial charge in [0.05, 0.1) is 16.2 Å². The molecule has 0 radical (unpaired) electrons. The highest BCUT2D eigenvalue weighted by Crippen LogP contribution is 2.36. The molecule has 1 fully saturated rings. The molecule has 0 amide bonds. The largest absolute Gasteiger partial charge is 0.494 e. The van der Waals surface area contributed by atoms with E-state index < -0.39 is 0 Å². The Kier molecular flexibility index (Phi) is 3.09. The summed E-state index contributed by atoms with van der Waals surface area (Å²) < 4.78 is 12.1. The van der Waals surface area contributed by atoms with E-state index in [2.05, 4.69) is 4.98 Å². The van der Waals surface area contributed by atoms with Crippen molar-refractivity contribution in [3.8, 4) is 0 Å². The number of nitrogens with zero attached hydrogens (tertiary/aromatic N) is 1. The van der Waals surface area contributed by atoms with Gasteiger partial charge >= 0.3 is 7.12 Å². The van der Waals surface area contributed by atoms with Gasteiger partial charge in [-0.25, -0.2) is 0 Å². The van der Waals surface area contributed by atoms with Crippen molar-refractivity contribution in [2.24, 2.45) is 0 Å². The summed E-state index contributed by atoms with van der Waals surface area (Å²) in [6.07, 6.45) is 3.45. The minimum Gasteiger partial charge on any atom is -0.399 e. The highest BCUT2D eigenvalue weighted by Gasteiger charge is 2.51. The van der Waals surface area contributed by atoms with E-state index in [1.807, 2.05) is 45.9 Å². The van der Waals surface area contributed by atoms with Crippen molar-refractivity contribution in [1.82, 2.24) is 4.98 Å². The SMILES string of the molecule is CC1(C)OB(c2ccc3cncc(Cl)c3c2)OC1(C)C. The lowest BCUT2D eigenvalue weighted by atomic mass is 9.78. The maximum Gasteiger partial charge on any atom is 0.494 e. The summed E-state index contributed by atoms with van der Waals surface area (Å²) in [4.78, 5) is 4.09. The first-order valence-electron chi connectivity index (χ1n) is 6.69. The van der Waals surface area contributed by atoms with Crippen molar-refractivity contribution in [3.63, 3.8) is 0 Å². The van der Waals surface area contributed by atoms with Gasteiger partial charge in [-0.1, -0.05) is 29.8 Å². The van der Waals surface area contributed by atoms with Gasteiger partial charge in [0.15, 0.2) is 0 Å². The minimum atomic E-state index is -0.367. The monoisotopic (exact) mass is 289 g/mol. The Balaban J connectivity index is 2.02. The molecule has 0 spiro atoms. The number of benzene rings is 1. The van der Waals surface area contributed by atoms with Crippen LogP contribution in [-0.2, 0) is 9.31 Å². The molecule has 5 heteroatoms. The third-order valence-electron chi connectivity index (χ3n) is 4.26. The summed E-state index contributed by atoms with van der Waals surface area (Å²) in [5, 5.41) is 2.62. The predicted octanol–water partition coefficient (Wildman–Crippen LogP) is 3.19. The molecular formula is C15H17BClNO2. The van der Waals surface area contributed by atoms with E-state index in [1.54, 1.807) is 12.4 Å². The van der Waals surface area contributed by atoms with Crippen molar-refractivity contribution in [1.29, 1.82) is 0 Å². The topological polar surface area (TPSA) is 31.4 Å². The molecule has 0 atom stereocenters. The van der Waals surface area contributed by atoms with Crippen LogP contribution in [0.1, 0.15) is 27.7 Å². The van der Waals surface area contributed by atoms with Crippen LogP contribution in [0.5, 0.6) is 0 Å². The van der Waals surface area contributed by atoms with Crippen LogP contribution >= 0.6 is 11.6 Å². The Bertz CT molecular complexity index is 656. The average Bonchev–Trinajstić information content (AvgIpc) is 2.59. The van der Waals surface area contributed by atoms with E-state index in [0.29, 0.717) is 5.02 Å². The number of halogens is 1. The number of rotatable bonds is 1. The third kappa shape index (κ3) is 2.12. The third-order valence-corrected chi connectivity index (χ3v) is 4.56. The van der Waals surface area contributed by atoms with Crippen LogP contribution < -0.4 is 5.46 Å². The minimum absolute atomic E-state index is 0.339. The zero-order valence-corrected chi connectivity index (χ0v) is 12.9. The lowest BCUT2D eigenvalue weighted by Gasteiger charge is -2.32. The summed E-state index contributed by atoms with van der Waals surface area (Å²) in [7, 11) is -0.367. The number of pyridine rings is 1. The van der Waals surface area contributed by atoms with Gasteiger partial charge in [-0.05, 0) is 33.2 Å². The number of hydrogen-bond acceptors (Lipinski definition) is 3. The summed E-state index contributed by atoms with van der Waals surface area (Å²) >= 11 is 6.20. The van der Waals surface area contributed by atoms with Crippen molar-refractivity contribution in [2.45, 2.75) is 38.9 Å². The van der Waals surface area contributed by atoms with Gasteiger partial charge < -0.3 is 9.31 Å². The molecule has 0 aliphatic carbocycles. The highest BCUT2D eigenvalue weighted by atomic mass is 35.5. The van der Waals surface area contributed by atoms with Crippen LogP contribution in [0.25, 0.3) is 10.8 Å². The van der Waals surface area contributed by atoms with E-state index in [0.717, 1.165) is 16.2 Å². The fraction of sp³-hybridized carbons (Fsp3) is 0.400. The molecule has 104 valence electrons. The molecule has 1 aromatic carbocycles. The molecule has 2 heterocycles. The fourth-order valence-electron chi connectivity index (χ4n) is 2.27. The highest BCUT2D eigenvalue weighted by molar-refractivity contribution is 6.62. The molecule has 1 aliphatic heterocycles. The zero-order chi connectivity index (χ0) is 14.5. The maximum atomic E-state index is 6.20. The van der Waals surface area contributed by atoms with Gasteiger partial charge in [-0.2, -0.15) is 0 Å². The molecule has 1 saturated heterocycles. The van der Waals surface area contributed by atoms with Gasteiger partial charge in [0.2, 0.25) is 0 Å². The summed E-state index contributed by atoms with van der Waals surface area (Å²) in [6, 6.07) is 6.01. The first kappa shape index (κ1) is 13.9. The second kappa shape index (κ2) is 4.45. The standard InChI is InChI=1S/C15H17BClNO2/c1-14(2)15(3,4)20-16(19-14)11-6-5-10-8-18-9-13(17)12(10)7-11/h5-9H,1-4H3. The second-order valence-electron chi connectivity index (χ2n) is 6.19. The molecule has 3 rings (SSSR count). The maximum absolute atomic E-state index is 6.20. The smallest absolute Gasteiger partial charge is 0.399 e. The molecule has 1 aliphatic rings. The fourth-order valence-corrected chi connectivity index (χ4v) is 2.49. The molecule has 0 saturated carbocycles. The van der Waals surface area contributed by atoms with E-state index in [4.69, 9.17) is 20.9 Å². The first-order valence-corrected chi connectivity index (χ1v) is 7.07. The van der Waals surface area contributed by atoms with Gasteiger partial charge in [0.1, 0.15) is 0 Å². The van der Waals surface area contributed by atoms with E-state index in [9.17, 15) is 0 Å². The van der Waals surface area contributed by atoms with Crippen molar-refractivity contribution >= 4 is 35.0 Å². The van der Waals surface area contributed by atoms with E-state index in [-0.39, 0.29) is 18.3 Å². The van der Waals surface area contributed by atoms with E-state index >= 15 is 0 Å².